The van der Waals surface area contributed by atoms with Crippen LogP contribution in [-0.4, -0.2) is 60.4 Å². The molecule has 0 unspecified atom stereocenters. The summed E-state index contributed by atoms with van der Waals surface area (Å²) in [7, 11) is -3.12. The normalized spacial score (nSPS) is 17.0. The molecule has 0 aromatic carbocycles. The molecule has 28 heavy (non-hydrogen) atoms. The molecule has 4 nitrogen and oxygen atoms in total. The van der Waals surface area contributed by atoms with E-state index in [0.717, 1.165) is 25.1 Å². The van der Waals surface area contributed by atoms with Crippen LogP contribution in [0, 0.1) is 0 Å². The standard InChI is InChI=1S/C22H49NO3Si2/c1-8-24-28(25-9-2,26-18-19-27(6)7)20-14-13-17-23(22(3,4)5)21-15-11-10-12-16-21/h21,27H,8-20H2,1-7H3. The lowest BCUT2D eigenvalue weighted by Gasteiger charge is -2.43. The summed E-state index contributed by atoms with van der Waals surface area (Å²) in [6.45, 7) is 19.4. The average Bonchev–Trinajstić information content (AvgIpc) is 2.61. The maximum absolute atomic E-state index is 6.33. The molecule has 168 valence electrons. The molecule has 0 heterocycles. The van der Waals surface area contributed by atoms with Crippen molar-refractivity contribution in [3.63, 3.8) is 0 Å². The molecular weight excluding hydrogens is 382 g/mol. The number of hydrogen-bond acceptors (Lipinski definition) is 4. The Morgan fingerprint density at radius 3 is 2.04 bits per heavy atom. The summed E-state index contributed by atoms with van der Waals surface area (Å²) >= 11 is 0. The maximum Gasteiger partial charge on any atom is 0.500 e. The minimum Gasteiger partial charge on any atom is -0.374 e. The molecule has 0 aromatic rings. The van der Waals surface area contributed by atoms with Crippen LogP contribution < -0.4 is 0 Å². The van der Waals surface area contributed by atoms with Crippen molar-refractivity contribution >= 4 is 17.6 Å². The Bertz CT molecular complexity index is 390. The number of rotatable bonds is 14. The molecule has 0 amide bonds. The summed E-state index contributed by atoms with van der Waals surface area (Å²) in [4.78, 5) is 2.77. The predicted molar refractivity (Wildman–Crippen MR) is 126 cm³/mol. The van der Waals surface area contributed by atoms with Gasteiger partial charge >= 0.3 is 8.80 Å². The van der Waals surface area contributed by atoms with E-state index in [1.165, 1.54) is 51.1 Å². The highest BCUT2D eigenvalue weighted by atomic mass is 28.4. The van der Waals surface area contributed by atoms with Gasteiger partial charge in [-0.2, -0.15) is 0 Å². The first-order valence-corrected chi connectivity index (χ1v) is 17.0. The van der Waals surface area contributed by atoms with Crippen LogP contribution in [0.1, 0.15) is 79.6 Å². The van der Waals surface area contributed by atoms with Gasteiger partial charge in [0.1, 0.15) is 0 Å². The molecule has 6 heteroatoms. The Morgan fingerprint density at radius 2 is 1.54 bits per heavy atom. The lowest BCUT2D eigenvalue weighted by molar-refractivity contribution is 0.0558. The van der Waals surface area contributed by atoms with E-state index < -0.39 is 17.6 Å². The fourth-order valence-electron chi connectivity index (χ4n) is 4.31. The van der Waals surface area contributed by atoms with Gasteiger partial charge in [-0.05, 0) is 72.9 Å². The van der Waals surface area contributed by atoms with Crippen LogP contribution in [-0.2, 0) is 13.3 Å². The van der Waals surface area contributed by atoms with Gasteiger partial charge in [0.25, 0.3) is 0 Å². The zero-order valence-corrected chi connectivity index (χ0v) is 22.2. The average molecular weight is 432 g/mol. The van der Waals surface area contributed by atoms with Gasteiger partial charge in [0.05, 0.1) is 0 Å². The summed E-state index contributed by atoms with van der Waals surface area (Å²) in [5, 5.41) is 0. The van der Waals surface area contributed by atoms with Crippen molar-refractivity contribution in [2.24, 2.45) is 0 Å². The van der Waals surface area contributed by atoms with E-state index in [-0.39, 0.29) is 5.54 Å². The Balaban J connectivity index is 2.59. The molecule has 0 bridgehead atoms. The Kier molecular flexibility index (Phi) is 12.7. The van der Waals surface area contributed by atoms with Gasteiger partial charge in [-0.15, -0.1) is 0 Å². The van der Waals surface area contributed by atoms with Crippen molar-refractivity contribution in [2.75, 3.05) is 26.4 Å². The van der Waals surface area contributed by atoms with Crippen LogP contribution in [0.25, 0.3) is 0 Å². The molecule has 0 aliphatic heterocycles. The second kappa shape index (κ2) is 13.6. The van der Waals surface area contributed by atoms with Crippen molar-refractivity contribution in [3.8, 4) is 0 Å². The third kappa shape index (κ3) is 9.85. The van der Waals surface area contributed by atoms with E-state index in [1.807, 2.05) is 0 Å². The Hall–Kier alpha value is 0.274. The summed E-state index contributed by atoms with van der Waals surface area (Å²) in [5.41, 5.74) is 0.245. The SMILES string of the molecule is CCO[Si](CCCCN(C1CCCCC1)C(C)(C)C)(OCC)OCC[SiH](C)C. The van der Waals surface area contributed by atoms with Gasteiger partial charge in [-0.25, -0.2) is 0 Å². The van der Waals surface area contributed by atoms with E-state index in [1.54, 1.807) is 0 Å². The summed E-state index contributed by atoms with van der Waals surface area (Å²) < 4.78 is 18.6. The molecule has 0 atom stereocenters. The van der Waals surface area contributed by atoms with Gasteiger partial charge in [0, 0.05) is 46.2 Å². The first-order valence-electron chi connectivity index (χ1n) is 11.9. The van der Waals surface area contributed by atoms with E-state index in [0.29, 0.717) is 13.2 Å². The first kappa shape index (κ1) is 26.3. The summed E-state index contributed by atoms with van der Waals surface area (Å²) in [5.74, 6) is 0. The highest BCUT2D eigenvalue weighted by molar-refractivity contribution is 6.61. The zero-order valence-electron chi connectivity index (χ0n) is 20.0. The minimum atomic E-state index is -2.52. The Morgan fingerprint density at radius 1 is 0.929 bits per heavy atom. The van der Waals surface area contributed by atoms with Crippen LogP contribution >= 0.6 is 0 Å². The number of nitrogens with zero attached hydrogens (tertiary/aromatic N) is 1. The van der Waals surface area contributed by atoms with Gasteiger partial charge in [-0.1, -0.05) is 32.4 Å². The smallest absolute Gasteiger partial charge is 0.374 e. The van der Waals surface area contributed by atoms with Crippen molar-refractivity contribution in [1.82, 2.24) is 4.90 Å². The quantitative estimate of drug-likeness (QED) is 0.260. The third-order valence-corrected chi connectivity index (χ3v) is 10.2. The van der Waals surface area contributed by atoms with E-state index in [4.69, 9.17) is 13.3 Å². The maximum atomic E-state index is 6.33. The zero-order chi connectivity index (χ0) is 21.0. The van der Waals surface area contributed by atoms with Crippen LogP contribution in [0.2, 0.25) is 25.2 Å². The van der Waals surface area contributed by atoms with Crippen LogP contribution in [0.5, 0.6) is 0 Å². The van der Waals surface area contributed by atoms with Crippen molar-refractivity contribution in [3.05, 3.63) is 0 Å². The van der Waals surface area contributed by atoms with Gasteiger partial charge < -0.3 is 13.3 Å². The highest BCUT2D eigenvalue weighted by Crippen LogP contribution is 2.29. The van der Waals surface area contributed by atoms with Crippen LogP contribution in [0.3, 0.4) is 0 Å². The first-order chi connectivity index (χ1) is 13.2. The predicted octanol–water partition coefficient (Wildman–Crippen LogP) is 5.72. The van der Waals surface area contributed by atoms with Gasteiger partial charge in [-0.3, -0.25) is 4.90 Å². The van der Waals surface area contributed by atoms with E-state index in [9.17, 15) is 0 Å². The summed E-state index contributed by atoms with van der Waals surface area (Å²) in [6, 6.07) is 2.92. The molecule has 1 aliphatic carbocycles. The van der Waals surface area contributed by atoms with Crippen LogP contribution in [0.4, 0.5) is 0 Å². The molecule has 1 fully saturated rings. The van der Waals surface area contributed by atoms with E-state index >= 15 is 0 Å². The monoisotopic (exact) mass is 431 g/mol. The lowest BCUT2D eigenvalue weighted by Crippen LogP contribution is -2.49. The second-order valence-corrected chi connectivity index (χ2v) is 15.8. The molecule has 0 spiro atoms. The third-order valence-electron chi connectivity index (χ3n) is 5.75. The second-order valence-electron chi connectivity index (χ2n) is 9.69. The van der Waals surface area contributed by atoms with Crippen molar-refractivity contribution in [2.45, 2.75) is 116 Å². The minimum absolute atomic E-state index is 0.245. The van der Waals surface area contributed by atoms with Gasteiger partial charge in [0.2, 0.25) is 0 Å². The Labute approximate surface area is 178 Å². The summed E-state index contributed by atoms with van der Waals surface area (Å²) in [6.07, 6.45) is 9.29. The van der Waals surface area contributed by atoms with E-state index in [2.05, 4.69) is 52.6 Å². The fraction of sp³-hybridized carbons (Fsp3) is 1.00. The van der Waals surface area contributed by atoms with Crippen LogP contribution in [0.15, 0.2) is 0 Å². The van der Waals surface area contributed by atoms with Crippen molar-refractivity contribution < 1.29 is 13.3 Å². The molecule has 0 saturated heterocycles. The molecule has 0 radical (unpaired) electrons. The molecule has 0 N–H and O–H groups in total. The number of unbranched alkanes of at least 4 members (excludes halogenated alkanes) is 1. The van der Waals surface area contributed by atoms with Crippen molar-refractivity contribution in [1.29, 1.82) is 0 Å². The largest absolute Gasteiger partial charge is 0.500 e. The highest BCUT2D eigenvalue weighted by Gasteiger charge is 2.40. The fourth-order valence-corrected chi connectivity index (χ4v) is 7.81. The van der Waals surface area contributed by atoms with Gasteiger partial charge in [0.15, 0.2) is 0 Å². The molecular formula is C22H49NO3Si2. The topological polar surface area (TPSA) is 30.9 Å². The number of hydrogen-bond donors (Lipinski definition) is 0. The lowest BCUT2D eigenvalue weighted by atomic mass is 9.90. The molecule has 0 aromatic heterocycles. The molecule has 1 aliphatic rings. The molecule has 1 rings (SSSR count). The molecule has 1 saturated carbocycles.